The summed E-state index contributed by atoms with van der Waals surface area (Å²) in [5.41, 5.74) is 2.05. The third-order valence-corrected chi connectivity index (χ3v) is 8.83. The maximum absolute atomic E-state index is 16.0. The lowest BCUT2D eigenvalue weighted by molar-refractivity contribution is -0.0935. The van der Waals surface area contributed by atoms with E-state index in [1.165, 1.54) is 17.2 Å². The number of rotatable bonds is 11. The Morgan fingerprint density at radius 2 is 1.42 bits per heavy atom. The molecule has 0 radical (unpaired) electrons. The van der Waals surface area contributed by atoms with Crippen LogP contribution in [0, 0.1) is 0 Å². The molecule has 0 bridgehead atoms. The molecule has 2 aromatic heterocycles. The summed E-state index contributed by atoms with van der Waals surface area (Å²) < 4.78 is 41.3. The molecule has 4 aromatic carbocycles. The van der Waals surface area contributed by atoms with Crippen LogP contribution in [0.4, 0.5) is 10.2 Å². The van der Waals surface area contributed by atoms with Gasteiger partial charge in [-0.05, 0) is 53.1 Å². The minimum atomic E-state index is -1.86. The molecular weight excluding hydrogens is 641 g/mol. The number of fused-ring (bicyclic) bond motifs is 1. The van der Waals surface area contributed by atoms with E-state index >= 15 is 4.39 Å². The Morgan fingerprint density at radius 3 is 2.02 bits per heavy atom. The lowest BCUT2D eigenvalue weighted by atomic mass is 9.80. The number of carbonyl (C=O) groups excluding carboxylic acids is 1. The number of nitrogens with one attached hydrogen (secondary N) is 1. The quantitative estimate of drug-likeness (QED) is 0.166. The van der Waals surface area contributed by atoms with Gasteiger partial charge in [-0.25, -0.2) is 19.3 Å². The molecule has 6 aromatic rings. The predicted molar refractivity (Wildman–Crippen MR) is 183 cm³/mol. The van der Waals surface area contributed by atoms with Gasteiger partial charge in [0.2, 0.25) is 0 Å². The molecule has 50 heavy (non-hydrogen) atoms. The second kappa shape index (κ2) is 14.0. The zero-order valence-electron chi connectivity index (χ0n) is 27.2. The van der Waals surface area contributed by atoms with Crippen LogP contribution in [-0.2, 0) is 15.1 Å². The number of ether oxygens (including phenoxy) is 4. The number of alkyl halides is 1. The van der Waals surface area contributed by atoms with Crippen LogP contribution in [0.2, 0.25) is 0 Å². The highest BCUT2D eigenvalue weighted by Gasteiger charge is 2.48. The maximum atomic E-state index is 16.0. The van der Waals surface area contributed by atoms with Gasteiger partial charge in [0.1, 0.15) is 35.6 Å². The average Bonchev–Trinajstić information content (AvgIpc) is 3.73. The Morgan fingerprint density at radius 1 is 0.840 bits per heavy atom. The first-order valence-electron chi connectivity index (χ1n) is 15.9. The fraction of sp³-hybridized carbons (Fsp3) is 0.211. The van der Waals surface area contributed by atoms with Crippen LogP contribution < -0.4 is 14.8 Å². The maximum Gasteiger partial charge on any atom is 0.256 e. The van der Waals surface area contributed by atoms with E-state index in [1.807, 2.05) is 84.9 Å². The summed E-state index contributed by atoms with van der Waals surface area (Å²) in [4.78, 5) is 25.7. The Balaban J connectivity index is 1.20. The predicted octanol–water partition coefficient (Wildman–Crippen LogP) is 5.70. The van der Waals surface area contributed by atoms with Gasteiger partial charge in [0, 0.05) is 5.56 Å². The van der Waals surface area contributed by atoms with Crippen LogP contribution in [0.5, 0.6) is 11.5 Å². The first-order valence-corrected chi connectivity index (χ1v) is 15.9. The van der Waals surface area contributed by atoms with E-state index in [4.69, 9.17) is 18.9 Å². The van der Waals surface area contributed by atoms with Crippen LogP contribution in [-0.4, -0.2) is 69.7 Å². The molecule has 1 fully saturated rings. The number of benzene rings is 4. The van der Waals surface area contributed by atoms with Crippen LogP contribution in [0.15, 0.2) is 122 Å². The van der Waals surface area contributed by atoms with Gasteiger partial charge < -0.3 is 29.4 Å². The smallest absolute Gasteiger partial charge is 0.256 e. The Hall–Kier alpha value is -5.69. The van der Waals surface area contributed by atoms with Gasteiger partial charge >= 0.3 is 0 Å². The molecule has 12 heteroatoms. The van der Waals surface area contributed by atoms with Crippen molar-refractivity contribution in [3.05, 3.63) is 144 Å². The van der Waals surface area contributed by atoms with Crippen LogP contribution in [0.25, 0.3) is 11.2 Å². The van der Waals surface area contributed by atoms with Gasteiger partial charge in [-0.3, -0.25) is 9.36 Å². The molecule has 11 nitrogen and oxygen atoms in total. The minimum absolute atomic E-state index is 0.156. The monoisotopic (exact) mass is 675 g/mol. The highest BCUT2D eigenvalue weighted by molar-refractivity contribution is 6.06. The van der Waals surface area contributed by atoms with E-state index in [-0.39, 0.29) is 29.5 Å². The third kappa shape index (κ3) is 6.04. The standard InChI is InChI=1S/C38H34FN5O6/c1-47-28-17-13-26(14-18-28)38(25-11-7-4-8-12-25,27-15-19-29(48-2)20-16-27)49-21-30-33(45)31(39)37(50-30)44-23-42-32-34(40-22-41-35(32)44)43-36(46)24-9-5-3-6-10-24/h3-20,22-23,30-31,33,37,45H,21H2,1-2H3,(H,40,41,43,46)/t30-,31+,33?,37-/m1/s1. The Bertz CT molecular complexity index is 2010. The van der Waals surface area contributed by atoms with E-state index in [0.717, 1.165) is 16.7 Å². The summed E-state index contributed by atoms with van der Waals surface area (Å²) in [6.07, 6.45) is -3.16. The van der Waals surface area contributed by atoms with Crippen LogP contribution >= 0.6 is 0 Å². The summed E-state index contributed by atoms with van der Waals surface area (Å²) in [5, 5.41) is 14.0. The normalized spacial score (nSPS) is 19.0. The summed E-state index contributed by atoms with van der Waals surface area (Å²) in [6, 6.07) is 33.3. The first-order chi connectivity index (χ1) is 24.4. The van der Waals surface area contributed by atoms with Crippen molar-refractivity contribution < 1.29 is 33.2 Å². The third-order valence-electron chi connectivity index (χ3n) is 8.83. The summed E-state index contributed by atoms with van der Waals surface area (Å²) in [5.74, 6) is 1.11. The molecule has 1 aliphatic rings. The van der Waals surface area contributed by atoms with E-state index in [1.54, 1.807) is 38.5 Å². The number of carbonyl (C=O) groups is 1. The number of methoxy groups -OCH3 is 2. The van der Waals surface area contributed by atoms with E-state index < -0.39 is 30.2 Å². The number of amides is 1. The van der Waals surface area contributed by atoms with Crippen molar-refractivity contribution in [2.45, 2.75) is 30.2 Å². The number of aliphatic hydroxyl groups is 1. The van der Waals surface area contributed by atoms with Crippen LogP contribution in [0.1, 0.15) is 33.3 Å². The highest BCUT2D eigenvalue weighted by atomic mass is 19.1. The molecule has 0 aliphatic carbocycles. The average molecular weight is 676 g/mol. The molecule has 1 amide bonds. The van der Waals surface area contributed by atoms with Crippen molar-refractivity contribution in [2.75, 3.05) is 26.1 Å². The molecule has 2 N–H and O–H groups in total. The SMILES string of the molecule is COc1ccc(C(OC[C@H]2O[C@@H](n3cnc4c(NC(=O)c5ccccc5)ncnc43)[C@@H](F)C2O)(c2ccccc2)c2ccc(OC)cc2)cc1. The largest absolute Gasteiger partial charge is 0.497 e. The number of aromatic nitrogens is 4. The summed E-state index contributed by atoms with van der Waals surface area (Å²) in [7, 11) is 3.19. The first kappa shape index (κ1) is 32.8. The summed E-state index contributed by atoms with van der Waals surface area (Å²) >= 11 is 0. The number of halogens is 1. The molecule has 7 rings (SSSR count). The molecule has 0 saturated carbocycles. The van der Waals surface area contributed by atoms with Gasteiger partial charge in [0.05, 0.1) is 27.2 Å². The van der Waals surface area contributed by atoms with E-state index in [9.17, 15) is 9.90 Å². The molecule has 1 saturated heterocycles. The highest BCUT2D eigenvalue weighted by Crippen LogP contribution is 2.43. The summed E-state index contributed by atoms with van der Waals surface area (Å²) in [6.45, 7) is -0.189. The van der Waals surface area contributed by atoms with Gasteiger partial charge in [-0.2, -0.15) is 0 Å². The van der Waals surface area contributed by atoms with Crippen molar-refractivity contribution in [3.63, 3.8) is 0 Å². The number of hydrogen-bond donors (Lipinski definition) is 2. The molecule has 254 valence electrons. The van der Waals surface area contributed by atoms with Crippen molar-refractivity contribution >= 4 is 22.9 Å². The van der Waals surface area contributed by atoms with Crippen molar-refractivity contribution in [1.82, 2.24) is 19.5 Å². The topological polar surface area (TPSA) is 130 Å². The van der Waals surface area contributed by atoms with Gasteiger partial charge in [0.15, 0.2) is 29.4 Å². The fourth-order valence-corrected chi connectivity index (χ4v) is 6.25. The second-order valence-corrected chi connectivity index (χ2v) is 11.7. The number of anilines is 1. The molecule has 0 spiro atoms. The molecule has 1 unspecified atom stereocenters. The molecule has 3 heterocycles. The van der Waals surface area contributed by atoms with Crippen molar-refractivity contribution in [3.8, 4) is 11.5 Å². The zero-order chi connectivity index (χ0) is 34.7. The Kier molecular flexibility index (Phi) is 9.22. The number of aliphatic hydroxyl groups excluding tert-OH is 1. The molecule has 1 aliphatic heterocycles. The lowest BCUT2D eigenvalue weighted by Gasteiger charge is -2.37. The Labute approximate surface area is 287 Å². The molecule has 4 atom stereocenters. The second-order valence-electron chi connectivity index (χ2n) is 11.7. The lowest BCUT2D eigenvalue weighted by Crippen LogP contribution is -2.39. The fourth-order valence-electron chi connectivity index (χ4n) is 6.25. The number of hydrogen-bond acceptors (Lipinski definition) is 9. The number of imidazole rings is 1. The van der Waals surface area contributed by atoms with Crippen LogP contribution in [0.3, 0.4) is 0 Å². The zero-order valence-corrected chi connectivity index (χ0v) is 27.2. The van der Waals surface area contributed by atoms with E-state index in [2.05, 4.69) is 20.3 Å². The number of nitrogens with zero attached hydrogens (tertiary/aromatic N) is 4. The van der Waals surface area contributed by atoms with Gasteiger partial charge in [-0.1, -0.05) is 72.8 Å². The van der Waals surface area contributed by atoms with E-state index in [0.29, 0.717) is 17.1 Å². The van der Waals surface area contributed by atoms with Gasteiger partial charge in [0.25, 0.3) is 5.91 Å². The van der Waals surface area contributed by atoms with Crippen molar-refractivity contribution in [1.29, 1.82) is 0 Å². The minimum Gasteiger partial charge on any atom is -0.497 e. The van der Waals surface area contributed by atoms with Gasteiger partial charge in [-0.15, -0.1) is 0 Å². The molecular formula is C38H34FN5O6. The van der Waals surface area contributed by atoms with Crippen molar-refractivity contribution in [2.24, 2.45) is 0 Å².